The summed E-state index contributed by atoms with van der Waals surface area (Å²) in [5.41, 5.74) is 0. The number of aliphatic hydroxyl groups excluding tert-OH is 3. The van der Waals surface area contributed by atoms with Crippen molar-refractivity contribution in [1.29, 1.82) is 0 Å². The molecule has 1 rings (SSSR count). The Balaban J connectivity index is 2.39. The van der Waals surface area contributed by atoms with E-state index in [0.717, 1.165) is 6.42 Å². The zero-order valence-corrected chi connectivity index (χ0v) is 7.59. The molecule has 1 aliphatic heterocycles. The molecule has 0 aliphatic carbocycles. The average Bonchev–Trinajstić information content (AvgIpc) is 2.13. The van der Waals surface area contributed by atoms with Gasteiger partial charge in [0.2, 0.25) is 0 Å². The van der Waals surface area contributed by atoms with Crippen molar-refractivity contribution in [3.05, 3.63) is 0 Å². The maximum atomic E-state index is 9.37. The van der Waals surface area contributed by atoms with Crippen molar-refractivity contribution in [2.24, 2.45) is 0 Å². The highest BCUT2D eigenvalue weighted by Crippen LogP contribution is 2.16. The third-order valence-corrected chi connectivity index (χ3v) is 1.94. The molecular formula is C8H16O5. The van der Waals surface area contributed by atoms with E-state index in [9.17, 15) is 10.2 Å². The Morgan fingerprint density at radius 1 is 1.31 bits per heavy atom. The third kappa shape index (κ3) is 2.62. The normalized spacial score (nSPS) is 40.6. The van der Waals surface area contributed by atoms with Gasteiger partial charge in [-0.2, -0.15) is 0 Å². The van der Waals surface area contributed by atoms with Crippen molar-refractivity contribution >= 4 is 0 Å². The van der Waals surface area contributed by atoms with E-state index >= 15 is 0 Å². The molecule has 1 saturated heterocycles. The molecule has 0 unspecified atom stereocenters. The van der Waals surface area contributed by atoms with Crippen LogP contribution in [0.15, 0.2) is 0 Å². The van der Waals surface area contributed by atoms with Gasteiger partial charge in [-0.25, -0.2) is 0 Å². The highest BCUT2D eigenvalue weighted by molar-refractivity contribution is 4.82. The summed E-state index contributed by atoms with van der Waals surface area (Å²) in [4.78, 5) is 0. The van der Waals surface area contributed by atoms with Gasteiger partial charge in [-0.1, -0.05) is 6.92 Å². The lowest BCUT2D eigenvalue weighted by atomic mass is 10.1. The van der Waals surface area contributed by atoms with Crippen LogP contribution >= 0.6 is 0 Å². The molecular weight excluding hydrogens is 176 g/mol. The lowest BCUT2D eigenvalue weighted by Gasteiger charge is -2.34. The summed E-state index contributed by atoms with van der Waals surface area (Å²) < 4.78 is 10.1. The fraction of sp³-hybridized carbons (Fsp3) is 1.00. The SMILES string of the molecule is CCCO[C@@H]1OC[C@H](O)[C@H](O)[C@H]1O. The minimum absolute atomic E-state index is 0.00733. The molecule has 0 saturated carbocycles. The summed E-state index contributed by atoms with van der Waals surface area (Å²) in [7, 11) is 0. The van der Waals surface area contributed by atoms with Gasteiger partial charge in [-0.05, 0) is 6.42 Å². The lowest BCUT2D eigenvalue weighted by Crippen LogP contribution is -2.53. The Morgan fingerprint density at radius 2 is 2.00 bits per heavy atom. The molecule has 4 atom stereocenters. The smallest absolute Gasteiger partial charge is 0.186 e. The van der Waals surface area contributed by atoms with Gasteiger partial charge in [-0.3, -0.25) is 0 Å². The van der Waals surface area contributed by atoms with E-state index in [-0.39, 0.29) is 6.61 Å². The van der Waals surface area contributed by atoms with Crippen LogP contribution in [0.4, 0.5) is 0 Å². The molecule has 13 heavy (non-hydrogen) atoms. The molecule has 0 radical (unpaired) electrons. The first-order valence-electron chi connectivity index (χ1n) is 4.44. The summed E-state index contributed by atoms with van der Waals surface area (Å²) in [5, 5.41) is 27.7. The van der Waals surface area contributed by atoms with Gasteiger partial charge >= 0.3 is 0 Å². The Morgan fingerprint density at radius 3 is 2.62 bits per heavy atom. The van der Waals surface area contributed by atoms with Crippen molar-refractivity contribution in [2.75, 3.05) is 13.2 Å². The third-order valence-electron chi connectivity index (χ3n) is 1.94. The average molecular weight is 192 g/mol. The minimum Gasteiger partial charge on any atom is -0.388 e. The number of hydrogen-bond acceptors (Lipinski definition) is 5. The molecule has 0 spiro atoms. The summed E-state index contributed by atoms with van der Waals surface area (Å²) in [6.45, 7) is 2.39. The van der Waals surface area contributed by atoms with E-state index in [0.29, 0.717) is 6.61 Å². The zero-order valence-electron chi connectivity index (χ0n) is 7.59. The number of hydrogen-bond donors (Lipinski definition) is 3. The molecule has 0 aromatic rings. The maximum absolute atomic E-state index is 9.37. The van der Waals surface area contributed by atoms with Crippen molar-refractivity contribution in [3.63, 3.8) is 0 Å². The van der Waals surface area contributed by atoms with E-state index in [1.807, 2.05) is 6.92 Å². The summed E-state index contributed by atoms with van der Waals surface area (Å²) in [6.07, 6.45) is -3.40. The predicted octanol–water partition coefficient (Wildman–Crippen LogP) is -1.15. The Kier molecular flexibility index (Phi) is 4.08. The van der Waals surface area contributed by atoms with E-state index in [1.165, 1.54) is 0 Å². The second-order valence-corrected chi connectivity index (χ2v) is 3.12. The van der Waals surface area contributed by atoms with Crippen LogP contribution in [0.1, 0.15) is 13.3 Å². The first-order chi connectivity index (χ1) is 6.16. The molecule has 0 bridgehead atoms. The number of ether oxygens (including phenoxy) is 2. The molecule has 0 amide bonds. The quantitative estimate of drug-likeness (QED) is 0.526. The predicted molar refractivity (Wildman–Crippen MR) is 44.0 cm³/mol. The maximum Gasteiger partial charge on any atom is 0.186 e. The van der Waals surface area contributed by atoms with Gasteiger partial charge in [0.1, 0.15) is 18.3 Å². The van der Waals surface area contributed by atoms with E-state index in [1.54, 1.807) is 0 Å². The van der Waals surface area contributed by atoms with Crippen LogP contribution in [0.25, 0.3) is 0 Å². The molecule has 5 heteroatoms. The first kappa shape index (κ1) is 10.9. The van der Waals surface area contributed by atoms with Gasteiger partial charge in [0.25, 0.3) is 0 Å². The van der Waals surface area contributed by atoms with Crippen molar-refractivity contribution in [3.8, 4) is 0 Å². The van der Waals surface area contributed by atoms with Crippen molar-refractivity contribution in [1.82, 2.24) is 0 Å². The van der Waals surface area contributed by atoms with Crippen LogP contribution in [-0.4, -0.2) is 53.1 Å². The topological polar surface area (TPSA) is 79.2 Å². The Labute approximate surface area is 76.9 Å². The van der Waals surface area contributed by atoms with Gasteiger partial charge in [0, 0.05) is 6.61 Å². The van der Waals surface area contributed by atoms with E-state index in [4.69, 9.17) is 14.6 Å². The van der Waals surface area contributed by atoms with Crippen LogP contribution < -0.4 is 0 Å². The fourth-order valence-electron chi connectivity index (χ4n) is 1.16. The second-order valence-electron chi connectivity index (χ2n) is 3.12. The van der Waals surface area contributed by atoms with Crippen molar-refractivity contribution in [2.45, 2.75) is 37.9 Å². The zero-order chi connectivity index (χ0) is 9.84. The summed E-state index contributed by atoms with van der Waals surface area (Å²) in [6, 6.07) is 0. The highest BCUT2D eigenvalue weighted by atomic mass is 16.7. The van der Waals surface area contributed by atoms with Gasteiger partial charge in [0.15, 0.2) is 6.29 Å². The largest absolute Gasteiger partial charge is 0.388 e. The summed E-state index contributed by atoms with van der Waals surface area (Å²) in [5.74, 6) is 0. The first-order valence-corrected chi connectivity index (χ1v) is 4.44. The van der Waals surface area contributed by atoms with Gasteiger partial charge in [0.05, 0.1) is 6.61 Å². The van der Waals surface area contributed by atoms with Crippen molar-refractivity contribution < 1.29 is 24.8 Å². The lowest BCUT2D eigenvalue weighted by molar-refractivity contribution is -0.269. The molecule has 3 N–H and O–H groups in total. The molecule has 5 nitrogen and oxygen atoms in total. The van der Waals surface area contributed by atoms with Gasteiger partial charge in [-0.15, -0.1) is 0 Å². The molecule has 0 aromatic heterocycles. The molecule has 0 aromatic carbocycles. The van der Waals surface area contributed by atoms with Crippen LogP contribution in [0.3, 0.4) is 0 Å². The van der Waals surface area contributed by atoms with E-state index < -0.39 is 24.6 Å². The van der Waals surface area contributed by atoms with E-state index in [2.05, 4.69) is 0 Å². The number of rotatable bonds is 3. The van der Waals surface area contributed by atoms with Crippen LogP contribution in [0, 0.1) is 0 Å². The molecule has 1 fully saturated rings. The molecule has 1 aliphatic rings. The monoisotopic (exact) mass is 192 g/mol. The Bertz CT molecular complexity index is 149. The van der Waals surface area contributed by atoms with Gasteiger partial charge < -0.3 is 24.8 Å². The second kappa shape index (κ2) is 4.88. The summed E-state index contributed by atoms with van der Waals surface area (Å²) >= 11 is 0. The minimum atomic E-state index is -1.18. The van der Waals surface area contributed by atoms with Crippen LogP contribution in [0.5, 0.6) is 0 Å². The fourth-order valence-corrected chi connectivity index (χ4v) is 1.16. The Hall–Kier alpha value is -0.200. The highest BCUT2D eigenvalue weighted by Gasteiger charge is 2.37. The standard InChI is InChI=1S/C8H16O5/c1-2-3-12-8-7(11)6(10)5(9)4-13-8/h5-11H,2-4H2,1H3/t5-,6-,7+,8+/m0/s1. The van der Waals surface area contributed by atoms with Crippen LogP contribution in [-0.2, 0) is 9.47 Å². The molecule has 1 heterocycles. The van der Waals surface area contributed by atoms with Crippen LogP contribution in [0.2, 0.25) is 0 Å². The number of aliphatic hydroxyl groups is 3. The molecule has 78 valence electrons.